The quantitative estimate of drug-likeness (QED) is 0.869. The van der Waals surface area contributed by atoms with Gasteiger partial charge in [0.2, 0.25) is 0 Å². The van der Waals surface area contributed by atoms with Crippen LogP contribution >= 0.6 is 11.3 Å². The zero-order chi connectivity index (χ0) is 15.7. The Hall–Kier alpha value is -0.620. The second-order valence-electron chi connectivity index (χ2n) is 6.00. The third-order valence-electron chi connectivity index (χ3n) is 4.37. The Labute approximate surface area is 128 Å². The third-order valence-corrected chi connectivity index (χ3v) is 5.64. The first kappa shape index (κ1) is 16.7. The average Bonchev–Trinajstić information content (AvgIpc) is 2.76. The van der Waals surface area contributed by atoms with Crippen LogP contribution in [0.2, 0.25) is 0 Å². The van der Waals surface area contributed by atoms with Crippen LogP contribution in [-0.4, -0.2) is 17.7 Å². The number of hydrogen-bond acceptors (Lipinski definition) is 3. The Bertz CT molecular complexity index is 464. The topological polar surface area (TPSA) is 24.9 Å². The molecular formula is C15H23F3N2S. The van der Waals surface area contributed by atoms with Gasteiger partial charge in [0.05, 0.1) is 17.2 Å². The van der Waals surface area contributed by atoms with Gasteiger partial charge in [-0.15, -0.1) is 11.3 Å². The molecule has 6 heteroatoms. The van der Waals surface area contributed by atoms with E-state index in [9.17, 15) is 13.2 Å². The van der Waals surface area contributed by atoms with E-state index in [1.807, 2.05) is 20.8 Å². The van der Waals surface area contributed by atoms with Gasteiger partial charge in [-0.1, -0.05) is 13.3 Å². The molecule has 1 aromatic heterocycles. The summed E-state index contributed by atoms with van der Waals surface area (Å²) in [6.07, 6.45) is -1.52. The summed E-state index contributed by atoms with van der Waals surface area (Å²) in [5.74, 6) is -1.22. The van der Waals surface area contributed by atoms with Gasteiger partial charge in [0.1, 0.15) is 5.01 Å². The van der Waals surface area contributed by atoms with Crippen LogP contribution in [0.3, 0.4) is 0 Å². The van der Waals surface area contributed by atoms with Crippen LogP contribution in [0.5, 0.6) is 0 Å². The maximum absolute atomic E-state index is 13.2. The molecule has 2 unspecified atom stereocenters. The van der Waals surface area contributed by atoms with Crippen molar-refractivity contribution in [2.75, 3.05) is 6.54 Å². The van der Waals surface area contributed by atoms with Gasteiger partial charge in [-0.25, -0.2) is 4.98 Å². The summed E-state index contributed by atoms with van der Waals surface area (Å²) in [6, 6.07) is 0. The Morgan fingerprint density at radius 2 is 2.10 bits per heavy atom. The summed E-state index contributed by atoms with van der Waals surface area (Å²) in [7, 11) is 0. The average molecular weight is 320 g/mol. The predicted molar refractivity (Wildman–Crippen MR) is 79.6 cm³/mol. The van der Waals surface area contributed by atoms with Gasteiger partial charge < -0.3 is 5.32 Å². The highest BCUT2D eigenvalue weighted by atomic mass is 32.1. The second kappa shape index (κ2) is 6.24. The van der Waals surface area contributed by atoms with Gasteiger partial charge in [0, 0.05) is 4.88 Å². The Morgan fingerprint density at radius 1 is 1.38 bits per heavy atom. The molecule has 1 saturated carbocycles. The monoisotopic (exact) mass is 320 g/mol. The molecule has 1 aliphatic rings. The molecule has 21 heavy (non-hydrogen) atoms. The fraction of sp³-hybridized carbons (Fsp3) is 0.800. The molecule has 1 N–H and O–H groups in total. The number of hydrogen-bond donors (Lipinski definition) is 1. The van der Waals surface area contributed by atoms with E-state index in [1.165, 1.54) is 0 Å². The van der Waals surface area contributed by atoms with Crippen molar-refractivity contribution < 1.29 is 13.2 Å². The lowest BCUT2D eigenvalue weighted by molar-refractivity contribution is -0.189. The van der Waals surface area contributed by atoms with Gasteiger partial charge in [0.15, 0.2) is 0 Å². The number of thiazole rings is 1. The van der Waals surface area contributed by atoms with Crippen LogP contribution in [-0.2, 0) is 5.54 Å². The maximum atomic E-state index is 13.2. The van der Waals surface area contributed by atoms with Crippen LogP contribution in [0.1, 0.15) is 54.6 Å². The molecule has 1 aromatic rings. The van der Waals surface area contributed by atoms with E-state index in [4.69, 9.17) is 0 Å². The molecule has 0 amide bonds. The molecule has 0 saturated heterocycles. The fourth-order valence-corrected chi connectivity index (χ4v) is 4.15. The molecule has 1 heterocycles. The highest BCUT2D eigenvalue weighted by Crippen LogP contribution is 2.47. The zero-order valence-corrected chi connectivity index (χ0v) is 13.6. The first-order chi connectivity index (χ1) is 9.78. The summed E-state index contributed by atoms with van der Waals surface area (Å²) in [5, 5.41) is 4.22. The van der Waals surface area contributed by atoms with E-state index in [-0.39, 0.29) is 12.8 Å². The number of rotatable bonds is 4. The molecule has 2 atom stereocenters. The van der Waals surface area contributed by atoms with Crippen molar-refractivity contribution >= 4 is 11.3 Å². The molecule has 0 bridgehead atoms. The zero-order valence-electron chi connectivity index (χ0n) is 12.8. The van der Waals surface area contributed by atoms with E-state index in [0.29, 0.717) is 6.42 Å². The molecule has 1 fully saturated rings. The van der Waals surface area contributed by atoms with Crippen LogP contribution in [0.25, 0.3) is 0 Å². The second-order valence-corrected chi connectivity index (χ2v) is 7.21. The molecule has 1 aliphatic carbocycles. The van der Waals surface area contributed by atoms with Crippen molar-refractivity contribution in [3.8, 4) is 0 Å². The van der Waals surface area contributed by atoms with Crippen LogP contribution in [0, 0.1) is 19.8 Å². The van der Waals surface area contributed by atoms with Crippen molar-refractivity contribution in [2.24, 2.45) is 5.92 Å². The minimum Gasteiger partial charge on any atom is -0.305 e. The number of nitrogens with zero attached hydrogens (tertiary/aromatic N) is 1. The molecule has 2 nitrogen and oxygen atoms in total. The lowest BCUT2D eigenvalue weighted by atomic mass is 9.75. The smallest absolute Gasteiger partial charge is 0.305 e. The predicted octanol–water partition coefficient (Wildman–Crippen LogP) is 4.71. The minimum atomic E-state index is -4.11. The highest BCUT2D eigenvalue weighted by molar-refractivity contribution is 7.11. The minimum absolute atomic E-state index is 0.114. The van der Waals surface area contributed by atoms with E-state index in [1.54, 1.807) is 11.3 Å². The molecule has 0 spiro atoms. The van der Waals surface area contributed by atoms with Gasteiger partial charge >= 0.3 is 6.18 Å². The fourth-order valence-electron chi connectivity index (χ4n) is 3.03. The Kier molecular flexibility index (Phi) is 4.98. The standard InChI is InChI=1S/C15H23F3N2S/c1-4-8-19-14(13-20-10(2)11(3)21-13)7-5-6-12(9-14)15(16,17)18/h12,19H,4-9H2,1-3H3. The Balaban J connectivity index is 2.32. The summed E-state index contributed by atoms with van der Waals surface area (Å²) in [6.45, 7) is 6.66. The highest BCUT2D eigenvalue weighted by Gasteiger charge is 2.49. The summed E-state index contributed by atoms with van der Waals surface area (Å²) >= 11 is 1.54. The van der Waals surface area contributed by atoms with E-state index in [2.05, 4.69) is 10.3 Å². The first-order valence-electron chi connectivity index (χ1n) is 7.55. The first-order valence-corrected chi connectivity index (χ1v) is 8.36. The van der Waals surface area contributed by atoms with Crippen molar-refractivity contribution in [1.82, 2.24) is 10.3 Å². The largest absolute Gasteiger partial charge is 0.391 e. The maximum Gasteiger partial charge on any atom is 0.391 e. The molecule has 120 valence electrons. The molecule has 0 aliphatic heterocycles. The van der Waals surface area contributed by atoms with Gasteiger partial charge in [-0.3, -0.25) is 0 Å². The number of aromatic nitrogens is 1. The number of aryl methyl sites for hydroxylation is 2. The Morgan fingerprint density at radius 3 is 2.62 bits per heavy atom. The van der Waals surface area contributed by atoms with E-state index in [0.717, 1.165) is 35.0 Å². The lowest BCUT2D eigenvalue weighted by Crippen LogP contribution is -2.48. The van der Waals surface area contributed by atoms with E-state index >= 15 is 0 Å². The molecular weight excluding hydrogens is 297 g/mol. The van der Waals surface area contributed by atoms with Crippen molar-refractivity contribution in [3.05, 3.63) is 15.6 Å². The summed E-state index contributed by atoms with van der Waals surface area (Å²) < 4.78 is 39.5. The normalized spacial score (nSPS) is 27.0. The summed E-state index contributed by atoms with van der Waals surface area (Å²) in [5.41, 5.74) is 0.333. The van der Waals surface area contributed by atoms with Crippen molar-refractivity contribution in [1.29, 1.82) is 0 Å². The molecule has 0 aromatic carbocycles. The summed E-state index contributed by atoms with van der Waals surface area (Å²) in [4.78, 5) is 5.66. The van der Waals surface area contributed by atoms with E-state index < -0.39 is 17.6 Å². The van der Waals surface area contributed by atoms with Gasteiger partial charge in [-0.2, -0.15) is 13.2 Å². The van der Waals surface area contributed by atoms with Crippen molar-refractivity contribution in [3.63, 3.8) is 0 Å². The van der Waals surface area contributed by atoms with Crippen LogP contribution in [0.4, 0.5) is 13.2 Å². The SMILES string of the molecule is CCCNC1(c2nc(C)c(C)s2)CCCC(C(F)(F)F)C1. The van der Waals surface area contributed by atoms with Gasteiger partial charge in [-0.05, 0) is 46.1 Å². The van der Waals surface area contributed by atoms with Crippen LogP contribution in [0.15, 0.2) is 0 Å². The number of halogens is 3. The number of alkyl halides is 3. The number of nitrogens with one attached hydrogen (secondary N) is 1. The van der Waals surface area contributed by atoms with Gasteiger partial charge in [0.25, 0.3) is 0 Å². The third kappa shape index (κ3) is 3.59. The molecule has 2 rings (SSSR count). The molecule has 0 radical (unpaired) electrons. The van der Waals surface area contributed by atoms with Crippen molar-refractivity contribution in [2.45, 2.75) is 64.6 Å². The lowest BCUT2D eigenvalue weighted by Gasteiger charge is -2.41. The van der Waals surface area contributed by atoms with Crippen LogP contribution < -0.4 is 5.32 Å².